The highest BCUT2D eigenvalue weighted by Gasteiger charge is 2.24. The molecule has 0 atom stereocenters. The van der Waals surface area contributed by atoms with Gasteiger partial charge in [0.2, 0.25) is 11.8 Å². The SMILES string of the molecule is CCC(CC)NC(=O)CN1CCCCCCOc2ccccc2Oc2ncccc2C1=O. The van der Waals surface area contributed by atoms with E-state index < -0.39 is 0 Å². The molecule has 2 heterocycles. The van der Waals surface area contributed by atoms with E-state index in [4.69, 9.17) is 9.47 Å². The number of benzene rings is 1. The van der Waals surface area contributed by atoms with Crippen LogP contribution in [0.3, 0.4) is 0 Å². The number of aromatic nitrogens is 1. The van der Waals surface area contributed by atoms with E-state index in [-0.39, 0.29) is 30.3 Å². The van der Waals surface area contributed by atoms with Crippen molar-refractivity contribution >= 4 is 11.8 Å². The topological polar surface area (TPSA) is 80.8 Å². The van der Waals surface area contributed by atoms with Gasteiger partial charge in [-0.2, -0.15) is 0 Å². The lowest BCUT2D eigenvalue weighted by atomic mass is 10.1. The van der Waals surface area contributed by atoms with Crippen LogP contribution in [0.1, 0.15) is 62.7 Å². The van der Waals surface area contributed by atoms with E-state index in [2.05, 4.69) is 10.3 Å². The summed E-state index contributed by atoms with van der Waals surface area (Å²) in [5.41, 5.74) is 0.328. The quantitative estimate of drug-likeness (QED) is 0.738. The number of rotatable bonds is 5. The van der Waals surface area contributed by atoms with Crippen LogP contribution in [0.2, 0.25) is 0 Å². The first-order valence-electron chi connectivity index (χ1n) is 11.6. The van der Waals surface area contributed by atoms with Crippen LogP contribution in [0.4, 0.5) is 0 Å². The number of nitrogens with one attached hydrogen (secondary N) is 1. The second-order valence-electron chi connectivity index (χ2n) is 7.98. The Labute approximate surface area is 190 Å². The number of fused-ring (bicyclic) bond motifs is 2. The number of hydrogen-bond acceptors (Lipinski definition) is 5. The summed E-state index contributed by atoms with van der Waals surface area (Å²) < 4.78 is 11.9. The molecule has 0 aliphatic carbocycles. The van der Waals surface area contributed by atoms with Crippen LogP contribution >= 0.6 is 0 Å². The van der Waals surface area contributed by atoms with E-state index in [0.29, 0.717) is 30.2 Å². The van der Waals surface area contributed by atoms with Gasteiger partial charge in [0.15, 0.2) is 11.5 Å². The lowest BCUT2D eigenvalue weighted by Gasteiger charge is -2.25. The molecule has 2 aromatic rings. The van der Waals surface area contributed by atoms with Gasteiger partial charge < -0.3 is 19.7 Å². The summed E-state index contributed by atoms with van der Waals surface area (Å²) in [6.07, 6.45) is 6.98. The minimum absolute atomic E-state index is 0.0172. The van der Waals surface area contributed by atoms with Crippen LogP contribution in [0.25, 0.3) is 0 Å². The molecule has 3 rings (SSSR count). The van der Waals surface area contributed by atoms with Gasteiger partial charge in [-0.15, -0.1) is 0 Å². The normalized spacial score (nSPS) is 15.1. The van der Waals surface area contributed by atoms with Crippen molar-refractivity contribution in [3.63, 3.8) is 0 Å². The Morgan fingerprint density at radius 2 is 1.81 bits per heavy atom. The molecule has 0 saturated carbocycles. The highest BCUT2D eigenvalue weighted by Crippen LogP contribution is 2.32. The van der Waals surface area contributed by atoms with E-state index >= 15 is 0 Å². The molecule has 1 aromatic heterocycles. The lowest BCUT2D eigenvalue weighted by Crippen LogP contribution is -2.44. The second kappa shape index (κ2) is 12.1. The number of amides is 2. The molecule has 1 aliphatic heterocycles. The molecule has 1 aliphatic rings. The summed E-state index contributed by atoms with van der Waals surface area (Å²) in [7, 11) is 0. The van der Waals surface area contributed by atoms with Crippen LogP contribution in [0, 0.1) is 0 Å². The van der Waals surface area contributed by atoms with Crippen LogP contribution in [0.15, 0.2) is 42.6 Å². The third-order valence-corrected chi connectivity index (χ3v) is 5.61. The molecule has 0 radical (unpaired) electrons. The van der Waals surface area contributed by atoms with Gasteiger partial charge in [0, 0.05) is 18.8 Å². The average Bonchev–Trinajstić information content (AvgIpc) is 2.81. The van der Waals surface area contributed by atoms with E-state index in [1.54, 1.807) is 29.3 Å². The summed E-state index contributed by atoms with van der Waals surface area (Å²) in [6.45, 7) is 5.20. The fourth-order valence-electron chi connectivity index (χ4n) is 3.70. The zero-order chi connectivity index (χ0) is 22.8. The van der Waals surface area contributed by atoms with Crippen LogP contribution in [0.5, 0.6) is 17.4 Å². The zero-order valence-corrected chi connectivity index (χ0v) is 19.0. The van der Waals surface area contributed by atoms with Crippen molar-refractivity contribution in [1.82, 2.24) is 15.2 Å². The number of pyridine rings is 1. The van der Waals surface area contributed by atoms with Gasteiger partial charge in [-0.05, 0) is 49.9 Å². The summed E-state index contributed by atoms with van der Waals surface area (Å²) in [6, 6.07) is 10.9. The molecule has 172 valence electrons. The average molecular weight is 440 g/mol. The van der Waals surface area contributed by atoms with Gasteiger partial charge in [0.25, 0.3) is 5.91 Å². The summed E-state index contributed by atoms with van der Waals surface area (Å²) in [5.74, 6) is 0.933. The van der Waals surface area contributed by atoms with E-state index in [0.717, 1.165) is 38.5 Å². The van der Waals surface area contributed by atoms with Crippen molar-refractivity contribution in [3.8, 4) is 17.4 Å². The Morgan fingerprint density at radius 1 is 1.06 bits per heavy atom. The van der Waals surface area contributed by atoms with Crippen LogP contribution < -0.4 is 14.8 Å². The molecule has 7 heteroatoms. The molecule has 0 unspecified atom stereocenters. The molecule has 0 bridgehead atoms. The largest absolute Gasteiger partial charge is 0.490 e. The fraction of sp³-hybridized carbons (Fsp3) is 0.480. The smallest absolute Gasteiger partial charge is 0.259 e. The minimum Gasteiger partial charge on any atom is -0.490 e. The Morgan fingerprint density at radius 3 is 2.59 bits per heavy atom. The van der Waals surface area contributed by atoms with Crippen molar-refractivity contribution < 1.29 is 19.1 Å². The van der Waals surface area contributed by atoms with Crippen molar-refractivity contribution in [2.24, 2.45) is 0 Å². The molecular weight excluding hydrogens is 406 g/mol. The third-order valence-electron chi connectivity index (χ3n) is 5.61. The van der Waals surface area contributed by atoms with Crippen molar-refractivity contribution in [2.75, 3.05) is 19.7 Å². The molecule has 1 aromatic carbocycles. The standard InChI is InChI=1S/C25H33N3O4/c1-3-19(4-2)27-23(29)18-28-16-9-5-6-10-17-31-21-13-7-8-14-22(21)32-24-20(25(28)30)12-11-15-26-24/h7-8,11-15,19H,3-6,9-10,16-18H2,1-2H3,(H,27,29). The molecule has 7 nitrogen and oxygen atoms in total. The number of para-hydroxylation sites is 2. The second-order valence-corrected chi connectivity index (χ2v) is 7.98. The van der Waals surface area contributed by atoms with Gasteiger partial charge in [-0.3, -0.25) is 9.59 Å². The monoisotopic (exact) mass is 439 g/mol. The number of nitrogens with zero attached hydrogens (tertiary/aromatic N) is 2. The molecule has 1 N–H and O–H groups in total. The number of carbonyl (C=O) groups excluding carboxylic acids is 2. The highest BCUT2D eigenvalue weighted by molar-refractivity contribution is 5.98. The molecule has 32 heavy (non-hydrogen) atoms. The van der Waals surface area contributed by atoms with E-state index in [1.807, 2.05) is 32.0 Å². The number of hydrogen-bond donors (Lipinski definition) is 1. The van der Waals surface area contributed by atoms with Crippen LogP contribution in [-0.4, -0.2) is 47.4 Å². The molecule has 2 amide bonds. The summed E-state index contributed by atoms with van der Waals surface area (Å²) in [4.78, 5) is 32.0. The van der Waals surface area contributed by atoms with Gasteiger partial charge in [-0.1, -0.05) is 38.8 Å². The summed E-state index contributed by atoms with van der Waals surface area (Å²) >= 11 is 0. The van der Waals surface area contributed by atoms with Crippen molar-refractivity contribution in [3.05, 3.63) is 48.2 Å². The number of ether oxygens (including phenoxy) is 2. The highest BCUT2D eigenvalue weighted by atomic mass is 16.5. The predicted octanol–water partition coefficient (Wildman–Crippen LogP) is 4.57. The first-order chi connectivity index (χ1) is 15.6. The maximum atomic E-state index is 13.5. The Hall–Kier alpha value is -3.09. The van der Waals surface area contributed by atoms with Crippen LogP contribution in [-0.2, 0) is 4.79 Å². The van der Waals surface area contributed by atoms with Crippen molar-refractivity contribution in [2.45, 2.75) is 58.4 Å². The molecular formula is C25H33N3O4. The Bertz CT molecular complexity index is 898. The maximum Gasteiger partial charge on any atom is 0.259 e. The third kappa shape index (κ3) is 6.45. The van der Waals surface area contributed by atoms with E-state index in [9.17, 15) is 9.59 Å². The fourth-order valence-corrected chi connectivity index (χ4v) is 3.70. The lowest BCUT2D eigenvalue weighted by molar-refractivity contribution is -0.122. The van der Waals surface area contributed by atoms with Gasteiger partial charge in [0.1, 0.15) is 5.56 Å². The number of carbonyl (C=O) groups is 2. The first-order valence-corrected chi connectivity index (χ1v) is 11.6. The first kappa shape index (κ1) is 23.6. The van der Waals surface area contributed by atoms with Gasteiger partial charge in [-0.25, -0.2) is 4.98 Å². The van der Waals surface area contributed by atoms with E-state index in [1.165, 1.54) is 0 Å². The van der Waals surface area contributed by atoms with Gasteiger partial charge in [0.05, 0.1) is 13.2 Å². The molecule has 0 fully saturated rings. The van der Waals surface area contributed by atoms with Gasteiger partial charge >= 0.3 is 0 Å². The minimum atomic E-state index is -0.261. The Balaban J connectivity index is 1.87. The predicted molar refractivity (Wildman–Crippen MR) is 123 cm³/mol. The maximum absolute atomic E-state index is 13.5. The Kier molecular flexibility index (Phi) is 8.90. The molecule has 0 saturated heterocycles. The summed E-state index contributed by atoms with van der Waals surface area (Å²) in [5, 5.41) is 3.03. The van der Waals surface area contributed by atoms with Crippen molar-refractivity contribution in [1.29, 1.82) is 0 Å². The molecule has 0 spiro atoms. The zero-order valence-electron chi connectivity index (χ0n) is 19.0.